The van der Waals surface area contributed by atoms with E-state index >= 15 is 0 Å². The van der Waals surface area contributed by atoms with Crippen LogP contribution in [0, 0.1) is 11.3 Å². The van der Waals surface area contributed by atoms with E-state index in [1.165, 1.54) is 0 Å². The lowest BCUT2D eigenvalue weighted by Gasteiger charge is -2.29. The van der Waals surface area contributed by atoms with Gasteiger partial charge in [-0.3, -0.25) is 4.79 Å². The summed E-state index contributed by atoms with van der Waals surface area (Å²) >= 11 is 0. The number of tetrazole rings is 1. The Labute approximate surface area is 114 Å². The van der Waals surface area contributed by atoms with Crippen molar-refractivity contribution >= 4 is 5.97 Å². The van der Waals surface area contributed by atoms with E-state index in [-0.39, 0.29) is 17.9 Å². The molecule has 1 aromatic heterocycles. The highest BCUT2D eigenvalue weighted by atomic mass is 16.4. The first-order valence-corrected chi connectivity index (χ1v) is 6.70. The third-order valence-corrected chi connectivity index (χ3v) is 3.17. The Bertz CT molecular complexity index is 421. The van der Waals surface area contributed by atoms with Gasteiger partial charge in [0.15, 0.2) is 5.82 Å². The molecule has 0 saturated carbocycles. The van der Waals surface area contributed by atoms with E-state index in [1.807, 2.05) is 20.8 Å². The van der Waals surface area contributed by atoms with E-state index in [4.69, 9.17) is 5.11 Å². The number of hydrogen-bond donors (Lipinski definition) is 1. The van der Waals surface area contributed by atoms with Gasteiger partial charge in [-0.15, -0.1) is 5.10 Å². The molecular weight excluding hydrogens is 244 g/mol. The normalized spacial score (nSPS) is 13.8. The second-order valence-corrected chi connectivity index (χ2v) is 6.45. The van der Waals surface area contributed by atoms with Gasteiger partial charge in [-0.05, 0) is 28.2 Å². The quantitative estimate of drug-likeness (QED) is 0.856. The van der Waals surface area contributed by atoms with Gasteiger partial charge in [0.05, 0.1) is 12.5 Å². The summed E-state index contributed by atoms with van der Waals surface area (Å²) in [5.74, 6) is 0.512. The van der Waals surface area contributed by atoms with Crippen molar-refractivity contribution in [1.29, 1.82) is 0 Å². The van der Waals surface area contributed by atoms with Crippen molar-refractivity contribution in [2.75, 3.05) is 0 Å². The van der Waals surface area contributed by atoms with Gasteiger partial charge in [-0.25, -0.2) is 4.68 Å². The van der Waals surface area contributed by atoms with Crippen LogP contribution >= 0.6 is 0 Å². The molecule has 0 aliphatic heterocycles. The van der Waals surface area contributed by atoms with Gasteiger partial charge in [0.2, 0.25) is 0 Å². The highest BCUT2D eigenvalue weighted by molar-refractivity contribution is 5.67. The van der Waals surface area contributed by atoms with Crippen LogP contribution < -0.4 is 0 Å². The van der Waals surface area contributed by atoms with E-state index in [1.54, 1.807) is 4.68 Å². The molecule has 1 N–H and O–H groups in total. The summed E-state index contributed by atoms with van der Waals surface area (Å²) in [7, 11) is 0. The molecule has 0 bridgehead atoms. The molecule has 1 atom stereocenters. The van der Waals surface area contributed by atoms with Crippen molar-refractivity contribution in [2.24, 2.45) is 11.3 Å². The van der Waals surface area contributed by atoms with Gasteiger partial charge < -0.3 is 5.11 Å². The molecule has 1 rings (SSSR count). The van der Waals surface area contributed by atoms with E-state index in [0.29, 0.717) is 5.92 Å². The van der Waals surface area contributed by atoms with Crippen LogP contribution in [0.1, 0.15) is 59.3 Å². The van der Waals surface area contributed by atoms with Crippen LogP contribution in [-0.4, -0.2) is 31.3 Å². The minimum atomic E-state index is -0.828. The zero-order valence-electron chi connectivity index (χ0n) is 12.4. The maximum atomic E-state index is 11.0. The molecular formula is C13H24N4O2. The van der Waals surface area contributed by atoms with Crippen LogP contribution in [0.3, 0.4) is 0 Å². The standard InChI is InChI=1S/C13H24N4O2/c1-9(2)6-7-11-14-15-16-17(11)10(8-12(18)19)13(3,4)5/h9-10H,6-8H2,1-5H3,(H,18,19). The van der Waals surface area contributed by atoms with Crippen LogP contribution in [-0.2, 0) is 11.2 Å². The lowest BCUT2D eigenvalue weighted by Crippen LogP contribution is -2.29. The number of nitrogens with zero attached hydrogens (tertiary/aromatic N) is 4. The van der Waals surface area contributed by atoms with Crippen LogP contribution in [0.5, 0.6) is 0 Å². The second-order valence-electron chi connectivity index (χ2n) is 6.45. The van der Waals surface area contributed by atoms with Gasteiger partial charge in [0, 0.05) is 6.42 Å². The number of aryl methyl sites for hydroxylation is 1. The summed E-state index contributed by atoms with van der Waals surface area (Å²) in [6.07, 6.45) is 1.80. The van der Waals surface area contributed by atoms with Crippen molar-refractivity contribution in [3.05, 3.63) is 5.82 Å². The van der Waals surface area contributed by atoms with Gasteiger partial charge >= 0.3 is 5.97 Å². The fourth-order valence-electron chi connectivity index (χ4n) is 1.96. The third-order valence-electron chi connectivity index (χ3n) is 3.17. The smallest absolute Gasteiger partial charge is 0.305 e. The number of aliphatic carboxylic acids is 1. The Morgan fingerprint density at radius 3 is 2.47 bits per heavy atom. The fraction of sp³-hybridized carbons (Fsp3) is 0.846. The summed E-state index contributed by atoms with van der Waals surface area (Å²) in [6.45, 7) is 10.3. The minimum absolute atomic E-state index is 0.0310. The number of aromatic nitrogens is 4. The van der Waals surface area contributed by atoms with Crippen molar-refractivity contribution < 1.29 is 9.90 Å². The predicted octanol–water partition coefficient (Wildman–Crippen LogP) is 2.32. The van der Waals surface area contributed by atoms with E-state index in [9.17, 15) is 4.79 Å². The summed E-state index contributed by atoms with van der Waals surface area (Å²) in [5.41, 5.74) is -0.208. The molecule has 0 spiro atoms. The highest BCUT2D eigenvalue weighted by Crippen LogP contribution is 2.33. The highest BCUT2D eigenvalue weighted by Gasteiger charge is 2.31. The first kappa shape index (κ1) is 15.6. The molecule has 1 aromatic rings. The van der Waals surface area contributed by atoms with Crippen LogP contribution in [0.15, 0.2) is 0 Å². The Morgan fingerprint density at radius 1 is 1.37 bits per heavy atom. The van der Waals surface area contributed by atoms with E-state index in [2.05, 4.69) is 29.4 Å². The van der Waals surface area contributed by atoms with Gasteiger partial charge in [-0.1, -0.05) is 34.6 Å². The topological polar surface area (TPSA) is 80.9 Å². The number of rotatable bonds is 6. The number of carboxylic acids is 1. The number of hydrogen-bond acceptors (Lipinski definition) is 4. The number of carbonyl (C=O) groups is 1. The Hall–Kier alpha value is -1.46. The minimum Gasteiger partial charge on any atom is -0.481 e. The molecule has 0 amide bonds. The van der Waals surface area contributed by atoms with E-state index < -0.39 is 5.97 Å². The number of carboxylic acid groups (broad SMARTS) is 1. The summed E-state index contributed by atoms with van der Waals surface area (Å²) < 4.78 is 1.69. The van der Waals surface area contributed by atoms with Gasteiger partial charge in [0.25, 0.3) is 0 Å². The Morgan fingerprint density at radius 2 is 2.00 bits per heavy atom. The lowest BCUT2D eigenvalue weighted by molar-refractivity contribution is -0.138. The maximum absolute atomic E-state index is 11.0. The molecule has 6 heteroatoms. The Kier molecular flexibility index (Phi) is 5.03. The van der Waals surface area contributed by atoms with Gasteiger partial charge in [-0.2, -0.15) is 0 Å². The zero-order chi connectivity index (χ0) is 14.6. The fourth-order valence-corrected chi connectivity index (χ4v) is 1.96. The lowest BCUT2D eigenvalue weighted by atomic mass is 9.84. The molecule has 0 fully saturated rings. The molecule has 19 heavy (non-hydrogen) atoms. The van der Waals surface area contributed by atoms with Crippen molar-refractivity contribution in [2.45, 2.75) is 59.9 Å². The van der Waals surface area contributed by atoms with E-state index in [0.717, 1.165) is 18.7 Å². The maximum Gasteiger partial charge on any atom is 0.305 e. The zero-order valence-corrected chi connectivity index (χ0v) is 12.4. The largest absolute Gasteiger partial charge is 0.481 e. The van der Waals surface area contributed by atoms with Crippen molar-refractivity contribution in [3.8, 4) is 0 Å². The van der Waals surface area contributed by atoms with Crippen molar-refractivity contribution in [3.63, 3.8) is 0 Å². The predicted molar refractivity (Wildman–Crippen MR) is 71.7 cm³/mol. The molecule has 1 heterocycles. The van der Waals surface area contributed by atoms with Crippen LogP contribution in [0.25, 0.3) is 0 Å². The van der Waals surface area contributed by atoms with Crippen LogP contribution in [0.2, 0.25) is 0 Å². The molecule has 0 saturated heterocycles. The van der Waals surface area contributed by atoms with Crippen LogP contribution in [0.4, 0.5) is 0 Å². The monoisotopic (exact) mass is 268 g/mol. The molecule has 0 aromatic carbocycles. The molecule has 0 aliphatic rings. The first-order chi connectivity index (χ1) is 8.71. The molecule has 0 aliphatic carbocycles. The average Bonchev–Trinajstić information content (AvgIpc) is 2.68. The third kappa shape index (κ3) is 4.61. The summed E-state index contributed by atoms with van der Waals surface area (Å²) in [5, 5.41) is 20.8. The molecule has 108 valence electrons. The Balaban J connectivity index is 2.96. The summed E-state index contributed by atoms with van der Waals surface area (Å²) in [4.78, 5) is 11.0. The summed E-state index contributed by atoms with van der Waals surface area (Å²) in [6, 6.07) is -0.234. The molecule has 0 radical (unpaired) electrons. The first-order valence-electron chi connectivity index (χ1n) is 6.70. The molecule has 1 unspecified atom stereocenters. The van der Waals surface area contributed by atoms with Crippen molar-refractivity contribution in [1.82, 2.24) is 20.2 Å². The SMILES string of the molecule is CC(C)CCc1nnnn1C(CC(=O)O)C(C)(C)C. The van der Waals surface area contributed by atoms with Gasteiger partial charge in [0.1, 0.15) is 0 Å². The average molecular weight is 268 g/mol. The second kappa shape index (κ2) is 6.12. The molecule has 6 nitrogen and oxygen atoms in total.